The minimum absolute atomic E-state index is 0.226. The number of pyridine rings is 1. The van der Waals surface area contributed by atoms with Gasteiger partial charge in [-0.25, -0.2) is 4.68 Å². The molecule has 2 heterocycles. The van der Waals surface area contributed by atoms with Crippen LogP contribution in [0.4, 0.5) is 0 Å². The zero-order chi connectivity index (χ0) is 21.6. The molecule has 31 heavy (non-hydrogen) atoms. The molecular weight excluding hydrogens is 392 g/mol. The van der Waals surface area contributed by atoms with E-state index in [0.29, 0.717) is 29.3 Å². The molecule has 7 heteroatoms. The van der Waals surface area contributed by atoms with Crippen LogP contribution in [-0.2, 0) is 6.54 Å². The lowest BCUT2D eigenvalue weighted by atomic mass is 10.1. The second kappa shape index (κ2) is 9.13. The fourth-order valence-corrected chi connectivity index (χ4v) is 3.24. The van der Waals surface area contributed by atoms with Gasteiger partial charge < -0.3 is 14.8 Å². The summed E-state index contributed by atoms with van der Waals surface area (Å²) in [4.78, 5) is 17.3. The summed E-state index contributed by atoms with van der Waals surface area (Å²) in [5.41, 5.74) is 3.57. The predicted octanol–water partition coefficient (Wildman–Crippen LogP) is 3.88. The highest BCUT2D eigenvalue weighted by Crippen LogP contribution is 2.28. The highest BCUT2D eigenvalue weighted by atomic mass is 16.5. The Balaban J connectivity index is 1.62. The summed E-state index contributed by atoms with van der Waals surface area (Å²) in [7, 11) is 3.17. The van der Waals surface area contributed by atoms with Crippen LogP contribution >= 0.6 is 0 Å². The first-order valence-electron chi connectivity index (χ1n) is 9.74. The number of nitrogens with one attached hydrogen (secondary N) is 1. The molecule has 0 atom stereocenters. The van der Waals surface area contributed by atoms with Gasteiger partial charge in [0, 0.05) is 30.7 Å². The lowest BCUT2D eigenvalue weighted by Crippen LogP contribution is -2.23. The molecule has 0 unspecified atom stereocenters. The number of hydrogen-bond donors (Lipinski definition) is 1. The number of para-hydroxylation sites is 1. The molecular formula is C24H22N4O3. The van der Waals surface area contributed by atoms with Crippen molar-refractivity contribution in [3.8, 4) is 28.4 Å². The van der Waals surface area contributed by atoms with Gasteiger partial charge in [0.1, 0.15) is 5.69 Å². The quantitative estimate of drug-likeness (QED) is 0.497. The molecule has 2 aromatic heterocycles. The zero-order valence-corrected chi connectivity index (χ0v) is 17.3. The number of aromatic nitrogens is 3. The number of methoxy groups -OCH3 is 2. The van der Waals surface area contributed by atoms with Crippen LogP contribution in [0.5, 0.6) is 11.5 Å². The van der Waals surface area contributed by atoms with Gasteiger partial charge in [0.25, 0.3) is 5.91 Å². The maximum atomic E-state index is 13.1. The first-order chi connectivity index (χ1) is 15.2. The van der Waals surface area contributed by atoms with Crippen LogP contribution in [0.1, 0.15) is 15.9 Å². The lowest BCUT2D eigenvalue weighted by Gasteiger charge is -2.10. The van der Waals surface area contributed by atoms with Gasteiger partial charge >= 0.3 is 0 Å². The van der Waals surface area contributed by atoms with Crippen molar-refractivity contribution in [1.29, 1.82) is 0 Å². The van der Waals surface area contributed by atoms with E-state index in [1.807, 2.05) is 60.7 Å². The molecule has 1 amide bonds. The van der Waals surface area contributed by atoms with Crippen LogP contribution in [0.15, 0.2) is 79.3 Å². The van der Waals surface area contributed by atoms with Crippen molar-refractivity contribution in [2.75, 3.05) is 14.2 Å². The van der Waals surface area contributed by atoms with Gasteiger partial charge in [-0.1, -0.05) is 24.3 Å². The van der Waals surface area contributed by atoms with Gasteiger partial charge in [-0.15, -0.1) is 0 Å². The third-order valence-corrected chi connectivity index (χ3v) is 4.82. The standard InChI is InChI=1S/C24H22N4O3/c1-30-21-11-10-17(13-22(21)31-2)14-26-24(29)20-16-28(19-8-4-3-5-9-19)27-23(20)18-7-6-12-25-15-18/h3-13,15-16H,14H2,1-2H3,(H,26,29). The van der Waals surface area contributed by atoms with Crippen molar-refractivity contribution in [3.63, 3.8) is 0 Å². The topological polar surface area (TPSA) is 78.3 Å². The summed E-state index contributed by atoms with van der Waals surface area (Å²) < 4.78 is 12.3. The number of carbonyl (C=O) groups excluding carboxylic acids is 1. The van der Waals surface area contributed by atoms with Gasteiger partial charge in [0.2, 0.25) is 0 Å². The van der Waals surface area contributed by atoms with Gasteiger partial charge in [0.15, 0.2) is 11.5 Å². The Morgan fingerprint density at radius 2 is 1.81 bits per heavy atom. The van der Waals surface area contributed by atoms with E-state index in [1.165, 1.54) is 0 Å². The average Bonchev–Trinajstić information content (AvgIpc) is 3.29. The summed E-state index contributed by atoms with van der Waals surface area (Å²) in [6, 6.07) is 18.9. The lowest BCUT2D eigenvalue weighted by molar-refractivity contribution is 0.0951. The Bertz CT molecular complexity index is 1170. The summed E-state index contributed by atoms with van der Waals surface area (Å²) in [5.74, 6) is 1.03. The Labute approximate surface area is 180 Å². The van der Waals surface area contributed by atoms with E-state index in [2.05, 4.69) is 15.4 Å². The molecule has 0 spiro atoms. The normalized spacial score (nSPS) is 10.5. The number of carbonyl (C=O) groups is 1. The number of amides is 1. The van der Waals surface area contributed by atoms with Gasteiger partial charge in [0.05, 0.1) is 25.5 Å². The van der Waals surface area contributed by atoms with Crippen LogP contribution in [0.25, 0.3) is 16.9 Å². The van der Waals surface area contributed by atoms with E-state index in [9.17, 15) is 4.79 Å². The van der Waals surface area contributed by atoms with Crippen LogP contribution in [0.2, 0.25) is 0 Å². The first kappa shape index (κ1) is 20.2. The molecule has 4 rings (SSSR count). The van der Waals surface area contributed by atoms with E-state index < -0.39 is 0 Å². The number of ether oxygens (including phenoxy) is 2. The van der Waals surface area contributed by atoms with Crippen LogP contribution < -0.4 is 14.8 Å². The van der Waals surface area contributed by atoms with E-state index in [0.717, 1.165) is 16.8 Å². The molecule has 1 N–H and O–H groups in total. The average molecular weight is 414 g/mol. The molecule has 156 valence electrons. The predicted molar refractivity (Wildman–Crippen MR) is 118 cm³/mol. The Morgan fingerprint density at radius 1 is 1.00 bits per heavy atom. The second-order valence-corrected chi connectivity index (χ2v) is 6.79. The molecule has 7 nitrogen and oxygen atoms in total. The zero-order valence-electron chi connectivity index (χ0n) is 17.3. The molecule has 4 aromatic rings. The summed E-state index contributed by atoms with van der Waals surface area (Å²) in [6.07, 6.45) is 5.12. The number of hydrogen-bond acceptors (Lipinski definition) is 5. The SMILES string of the molecule is COc1ccc(CNC(=O)c2cn(-c3ccccc3)nc2-c2cccnc2)cc1OC. The fraction of sp³-hybridized carbons (Fsp3) is 0.125. The van der Waals surface area contributed by atoms with Crippen molar-refractivity contribution in [2.45, 2.75) is 6.54 Å². The first-order valence-corrected chi connectivity index (χ1v) is 9.74. The number of nitrogens with zero attached hydrogens (tertiary/aromatic N) is 3. The molecule has 0 bridgehead atoms. The summed E-state index contributed by atoms with van der Waals surface area (Å²) in [6.45, 7) is 0.336. The van der Waals surface area contributed by atoms with Crippen LogP contribution in [-0.4, -0.2) is 34.9 Å². The monoisotopic (exact) mass is 414 g/mol. The minimum Gasteiger partial charge on any atom is -0.493 e. The van der Waals surface area contributed by atoms with Crippen LogP contribution in [0, 0.1) is 0 Å². The molecule has 0 saturated heterocycles. The van der Waals surface area contributed by atoms with Crippen molar-refractivity contribution in [3.05, 3.63) is 90.4 Å². The third kappa shape index (κ3) is 4.40. The second-order valence-electron chi connectivity index (χ2n) is 6.79. The highest BCUT2D eigenvalue weighted by molar-refractivity contribution is 5.99. The summed E-state index contributed by atoms with van der Waals surface area (Å²) in [5, 5.41) is 7.63. The molecule has 0 aliphatic carbocycles. The molecule has 0 fully saturated rings. The van der Waals surface area contributed by atoms with E-state index in [-0.39, 0.29) is 5.91 Å². The van der Waals surface area contributed by atoms with E-state index in [1.54, 1.807) is 37.5 Å². The fourth-order valence-electron chi connectivity index (χ4n) is 3.24. The Morgan fingerprint density at radius 3 is 2.52 bits per heavy atom. The Kier molecular flexibility index (Phi) is 5.93. The number of benzene rings is 2. The maximum Gasteiger partial charge on any atom is 0.255 e. The van der Waals surface area contributed by atoms with Gasteiger partial charge in [-0.2, -0.15) is 5.10 Å². The maximum absolute atomic E-state index is 13.1. The van der Waals surface area contributed by atoms with Gasteiger partial charge in [-0.05, 0) is 42.0 Å². The van der Waals surface area contributed by atoms with Crippen molar-refractivity contribution >= 4 is 5.91 Å². The molecule has 2 aromatic carbocycles. The van der Waals surface area contributed by atoms with Crippen molar-refractivity contribution < 1.29 is 14.3 Å². The highest BCUT2D eigenvalue weighted by Gasteiger charge is 2.19. The van der Waals surface area contributed by atoms with Crippen LogP contribution in [0.3, 0.4) is 0 Å². The van der Waals surface area contributed by atoms with E-state index >= 15 is 0 Å². The van der Waals surface area contributed by atoms with Crippen molar-refractivity contribution in [1.82, 2.24) is 20.1 Å². The Hall–Kier alpha value is -4.13. The van der Waals surface area contributed by atoms with Gasteiger partial charge in [-0.3, -0.25) is 9.78 Å². The minimum atomic E-state index is -0.226. The number of rotatable bonds is 7. The smallest absolute Gasteiger partial charge is 0.255 e. The summed E-state index contributed by atoms with van der Waals surface area (Å²) >= 11 is 0. The molecule has 0 aliphatic heterocycles. The molecule has 0 aliphatic rings. The third-order valence-electron chi connectivity index (χ3n) is 4.82. The van der Waals surface area contributed by atoms with Crippen molar-refractivity contribution in [2.24, 2.45) is 0 Å². The molecule has 0 radical (unpaired) electrons. The largest absolute Gasteiger partial charge is 0.493 e. The molecule has 0 saturated carbocycles. The van der Waals surface area contributed by atoms with E-state index in [4.69, 9.17) is 9.47 Å².